The summed E-state index contributed by atoms with van der Waals surface area (Å²) in [6, 6.07) is 51.5. The first kappa shape index (κ1) is 23.6. The fraction of sp³-hybridized carbons (Fsp3) is 0. The third-order valence-corrected chi connectivity index (χ3v) is 14.1. The summed E-state index contributed by atoms with van der Waals surface area (Å²) in [5.41, 5.74) is 3.29. The maximum absolute atomic E-state index is 15.7. The van der Waals surface area contributed by atoms with Crippen molar-refractivity contribution < 1.29 is 4.57 Å². The van der Waals surface area contributed by atoms with Crippen molar-refractivity contribution in [3.05, 3.63) is 166 Å². The van der Waals surface area contributed by atoms with Crippen LogP contribution in [0.25, 0.3) is 5.57 Å². The molecule has 5 aromatic rings. The van der Waals surface area contributed by atoms with Gasteiger partial charge in [-0.3, -0.25) is 0 Å². The standard InChI is InChI=1S/C32H25OPTe/c33-34(28-20-10-3-11-21-28,29-22-12-4-13-23-29)32(35-30-24-14-5-15-25-30)31(26-16-6-1-7-17-26)27-18-8-2-9-19-27/h1-25H. The van der Waals surface area contributed by atoms with E-state index in [2.05, 4.69) is 72.8 Å². The molecule has 0 atom stereocenters. The van der Waals surface area contributed by atoms with Crippen molar-refractivity contribution in [3.8, 4) is 0 Å². The summed E-state index contributed by atoms with van der Waals surface area (Å²) in [5, 5.41) is 1.76. The molecule has 0 aliphatic rings. The molecule has 0 fully saturated rings. The molecule has 5 aromatic carbocycles. The van der Waals surface area contributed by atoms with Crippen LogP contribution in [-0.2, 0) is 4.57 Å². The minimum atomic E-state index is -3.15. The number of rotatable bonds is 7. The van der Waals surface area contributed by atoms with E-state index in [1.165, 1.54) is 3.61 Å². The average Bonchev–Trinajstić information content (AvgIpc) is 2.95. The number of benzene rings is 5. The van der Waals surface area contributed by atoms with Gasteiger partial charge < -0.3 is 0 Å². The van der Waals surface area contributed by atoms with Crippen molar-refractivity contribution in [3.63, 3.8) is 0 Å². The molecule has 170 valence electrons. The third-order valence-electron chi connectivity index (χ3n) is 5.82. The van der Waals surface area contributed by atoms with Gasteiger partial charge in [-0.2, -0.15) is 0 Å². The number of hydrogen-bond donors (Lipinski definition) is 0. The fourth-order valence-electron chi connectivity index (χ4n) is 4.16. The second-order valence-electron chi connectivity index (χ2n) is 8.11. The van der Waals surface area contributed by atoms with Crippen molar-refractivity contribution >= 4 is 47.9 Å². The van der Waals surface area contributed by atoms with E-state index in [9.17, 15) is 0 Å². The molecule has 0 saturated carbocycles. The molecule has 5 rings (SSSR count). The van der Waals surface area contributed by atoms with Crippen LogP contribution in [0.15, 0.2) is 155 Å². The predicted octanol–water partition coefficient (Wildman–Crippen LogP) is 6.45. The molecule has 0 spiro atoms. The van der Waals surface area contributed by atoms with Gasteiger partial charge in [0, 0.05) is 0 Å². The summed E-state index contributed by atoms with van der Waals surface area (Å²) in [6.45, 7) is 0. The summed E-state index contributed by atoms with van der Waals surface area (Å²) in [4.78, 5) is 0. The molecule has 0 saturated heterocycles. The molecule has 0 aromatic heterocycles. The van der Waals surface area contributed by atoms with Crippen molar-refractivity contribution in [2.24, 2.45) is 0 Å². The quantitative estimate of drug-likeness (QED) is 0.159. The molecule has 3 heteroatoms. The molecule has 0 aliphatic carbocycles. The summed E-state index contributed by atoms with van der Waals surface area (Å²) >= 11 is -0.999. The summed E-state index contributed by atoms with van der Waals surface area (Å²) in [7, 11) is -3.15. The Morgan fingerprint density at radius 2 is 0.800 bits per heavy atom. The minimum absolute atomic E-state index is 0.881. The van der Waals surface area contributed by atoms with Crippen molar-refractivity contribution in [2.45, 2.75) is 0 Å². The van der Waals surface area contributed by atoms with Gasteiger partial charge in [-0.25, -0.2) is 0 Å². The monoisotopic (exact) mass is 586 g/mol. The van der Waals surface area contributed by atoms with E-state index in [0.29, 0.717) is 0 Å². The molecule has 35 heavy (non-hydrogen) atoms. The molecule has 0 heterocycles. The molecule has 0 radical (unpaired) electrons. The van der Waals surface area contributed by atoms with E-state index in [0.717, 1.165) is 30.7 Å². The second kappa shape index (κ2) is 11.1. The fourth-order valence-corrected chi connectivity index (χ4v) is 12.9. The first-order valence-electron chi connectivity index (χ1n) is 11.6. The Balaban J connectivity index is 1.91. The van der Waals surface area contributed by atoms with Gasteiger partial charge in [-0.1, -0.05) is 0 Å². The van der Waals surface area contributed by atoms with Gasteiger partial charge in [-0.05, 0) is 0 Å². The van der Waals surface area contributed by atoms with E-state index < -0.39 is 28.1 Å². The van der Waals surface area contributed by atoms with Crippen LogP contribution in [0.4, 0.5) is 0 Å². The van der Waals surface area contributed by atoms with Gasteiger partial charge in [0.15, 0.2) is 0 Å². The third kappa shape index (κ3) is 5.12. The van der Waals surface area contributed by atoms with Gasteiger partial charge >= 0.3 is 219 Å². The number of hydrogen-bond acceptors (Lipinski definition) is 1. The average molecular weight is 584 g/mol. The van der Waals surface area contributed by atoms with E-state index in [1.54, 1.807) is 0 Å². The van der Waals surface area contributed by atoms with Crippen LogP contribution in [-0.4, -0.2) is 20.9 Å². The second-order valence-corrected chi connectivity index (χ2v) is 14.8. The van der Waals surface area contributed by atoms with Gasteiger partial charge in [0.05, 0.1) is 0 Å². The van der Waals surface area contributed by atoms with Crippen LogP contribution in [0, 0.1) is 0 Å². The predicted molar refractivity (Wildman–Crippen MR) is 150 cm³/mol. The van der Waals surface area contributed by atoms with E-state index >= 15 is 4.57 Å². The van der Waals surface area contributed by atoms with Gasteiger partial charge in [0.25, 0.3) is 0 Å². The zero-order valence-corrected chi connectivity index (χ0v) is 22.4. The van der Waals surface area contributed by atoms with Gasteiger partial charge in [-0.15, -0.1) is 0 Å². The van der Waals surface area contributed by atoms with Crippen LogP contribution in [0.1, 0.15) is 11.1 Å². The van der Waals surface area contributed by atoms with Crippen LogP contribution in [0.5, 0.6) is 0 Å². The topological polar surface area (TPSA) is 17.1 Å². The Labute approximate surface area is 217 Å². The molecule has 0 unspecified atom stereocenters. The Bertz CT molecular complexity index is 1360. The molecular formula is C32H25OPTe. The summed E-state index contributed by atoms with van der Waals surface area (Å²) < 4.78 is 18.0. The Morgan fingerprint density at radius 3 is 1.20 bits per heavy atom. The van der Waals surface area contributed by atoms with E-state index in [4.69, 9.17) is 0 Å². The normalized spacial score (nSPS) is 11.1. The molecule has 0 bridgehead atoms. The first-order valence-corrected chi connectivity index (χ1v) is 15.6. The van der Waals surface area contributed by atoms with E-state index in [1.807, 2.05) is 78.9 Å². The molecule has 0 N–H and O–H groups in total. The Morgan fingerprint density at radius 1 is 0.457 bits per heavy atom. The molecule has 0 aliphatic heterocycles. The van der Waals surface area contributed by atoms with Gasteiger partial charge in [0.2, 0.25) is 0 Å². The Kier molecular flexibility index (Phi) is 7.46. The zero-order chi connectivity index (χ0) is 23.9. The molecule has 0 amide bonds. The maximum atomic E-state index is 15.7. The van der Waals surface area contributed by atoms with E-state index in [-0.39, 0.29) is 0 Å². The Hall–Kier alpha value is -3.14. The first-order chi connectivity index (χ1) is 17.3. The van der Waals surface area contributed by atoms with Crippen molar-refractivity contribution in [2.75, 3.05) is 0 Å². The van der Waals surface area contributed by atoms with Crippen LogP contribution in [0.2, 0.25) is 0 Å². The molecular weight excluding hydrogens is 559 g/mol. The van der Waals surface area contributed by atoms with Gasteiger partial charge in [0.1, 0.15) is 0 Å². The summed E-state index contributed by atoms with van der Waals surface area (Å²) in [5.74, 6) is 0. The summed E-state index contributed by atoms with van der Waals surface area (Å²) in [6.07, 6.45) is 0. The van der Waals surface area contributed by atoms with Crippen LogP contribution < -0.4 is 14.2 Å². The van der Waals surface area contributed by atoms with Crippen molar-refractivity contribution in [1.29, 1.82) is 0 Å². The van der Waals surface area contributed by atoms with Crippen LogP contribution >= 0.6 is 7.14 Å². The molecule has 1 nitrogen and oxygen atoms in total. The SMILES string of the molecule is O=P(C([Te]c1ccccc1)=C(c1ccccc1)c1ccccc1)(c1ccccc1)c1ccccc1. The van der Waals surface area contributed by atoms with Crippen LogP contribution in [0.3, 0.4) is 0 Å². The zero-order valence-electron chi connectivity index (χ0n) is 19.2. The van der Waals surface area contributed by atoms with Crippen molar-refractivity contribution in [1.82, 2.24) is 0 Å².